The predicted octanol–water partition coefficient (Wildman–Crippen LogP) is 9.28. The van der Waals surface area contributed by atoms with Gasteiger partial charge in [-0.05, 0) is 67.6 Å². The number of ether oxygens (including phenoxy) is 1. The van der Waals surface area contributed by atoms with Crippen LogP contribution in [0.5, 0.6) is 0 Å². The Balaban J connectivity index is 0.000000195. The van der Waals surface area contributed by atoms with Gasteiger partial charge < -0.3 is 12.2 Å². The molecule has 0 aromatic heterocycles. The molecule has 4 aromatic rings. The van der Waals surface area contributed by atoms with Crippen molar-refractivity contribution in [1.82, 2.24) is 0 Å². The Morgan fingerprint density at radius 2 is 0.939 bits per heavy atom. The summed E-state index contributed by atoms with van der Waals surface area (Å²) >= 11 is 0. The first kappa shape index (κ1) is 39.1. The van der Waals surface area contributed by atoms with Crippen molar-refractivity contribution in [3.63, 3.8) is 0 Å². The number of fused-ring (bicyclic) bond motifs is 1. The molecule has 4 aliphatic rings. The Morgan fingerprint density at radius 3 is 1.33 bits per heavy atom. The fraction of sp³-hybridized carbons (Fsp3) is 0.370. The molecule has 0 amide bonds. The number of allylic oxidation sites excluding steroid dienone is 4. The Labute approximate surface area is 317 Å². The van der Waals surface area contributed by atoms with E-state index in [0.29, 0.717) is 5.41 Å². The quantitative estimate of drug-likeness (QED) is 0.142. The van der Waals surface area contributed by atoms with Crippen molar-refractivity contribution in [2.45, 2.75) is 65.2 Å². The van der Waals surface area contributed by atoms with Crippen LogP contribution in [-0.2, 0) is 30.9 Å². The molecule has 0 N–H and O–H groups in total. The molecule has 3 atom stereocenters. The molecule has 1 saturated heterocycles. The Kier molecular flexibility index (Phi) is 15.2. The minimum atomic E-state index is -1.22. The molecule has 8 rings (SSSR count). The van der Waals surface area contributed by atoms with Gasteiger partial charge >= 0.3 is 26.2 Å². The molecule has 252 valence electrons. The molecular weight excluding hydrogens is 671 g/mol. The molecule has 2 saturated carbocycles. The van der Waals surface area contributed by atoms with Crippen molar-refractivity contribution in [2.75, 3.05) is 13.2 Å². The third-order valence-electron chi connectivity index (χ3n) is 12.0. The summed E-state index contributed by atoms with van der Waals surface area (Å²) in [6.45, 7) is 7.12. The van der Waals surface area contributed by atoms with Gasteiger partial charge in [-0.25, -0.2) is 0 Å². The monoisotopic (exact) mass is 726 g/mol. The summed E-state index contributed by atoms with van der Waals surface area (Å²) in [6.07, 6.45) is 19.6. The number of hydrogen-bond donors (Lipinski definition) is 0. The van der Waals surface area contributed by atoms with Crippen molar-refractivity contribution in [3.8, 4) is 0 Å². The van der Waals surface area contributed by atoms with E-state index in [2.05, 4.69) is 159 Å². The van der Waals surface area contributed by atoms with Crippen LogP contribution in [0.1, 0.15) is 65.2 Å². The Hall–Kier alpha value is -2.73. The summed E-state index contributed by atoms with van der Waals surface area (Å²) in [7, 11) is 0. The maximum atomic E-state index is 4.94. The van der Waals surface area contributed by atoms with Crippen LogP contribution in [0.25, 0.3) is 0 Å². The van der Waals surface area contributed by atoms with Crippen LogP contribution in [0.3, 0.4) is 0 Å². The van der Waals surface area contributed by atoms with Crippen LogP contribution in [-0.4, -0.2) is 19.4 Å². The standard InChI is InChI=1S/C24H20B.C17H26.C4H8O.CH3.Zr/c1-5-13-21(14-6-1)25(22-15-7-2-8-16-22,23-17-9-3-10-18-23)24-19-11-4-12-20-24;1-17(2,14-8-4-5-9-14)16-12-11-13-7-3-6-10-15(13)16;1-2-4-5-3-1;;/h1-20H;3,6-7,10,13-16H,4-5,8-9,11-12H2,1-2H3;1-4H2;1H3;/q-1;;;-1;+4. The van der Waals surface area contributed by atoms with Crippen LogP contribution >= 0.6 is 0 Å². The average Bonchev–Trinajstić information content (AvgIpc) is 3.96. The number of hydrogen-bond acceptors (Lipinski definition) is 1. The molecule has 0 spiro atoms. The van der Waals surface area contributed by atoms with Crippen LogP contribution in [0.4, 0.5) is 0 Å². The number of benzene rings is 4. The van der Waals surface area contributed by atoms with Gasteiger partial charge in [-0.15, -0.1) is 0 Å². The smallest absolute Gasteiger partial charge is 0.381 e. The van der Waals surface area contributed by atoms with Crippen molar-refractivity contribution in [3.05, 3.63) is 153 Å². The number of rotatable bonds is 6. The van der Waals surface area contributed by atoms with Gasteiger partial charge in [0.25, 0.3) is 0 Å². The molecule has 0 radical (unpaired) electrons. The second-order valence-electron chi connectivity index (χ2n) is 14.8. The molecule has 1 aliphatic heterocycles. The first-order valence-corrected chi connectivity index (χ1v) is 18.4. The van der Waals surface area contributed by atoms with E-state index in [1.54, 1.807) is 0 Å². The van der Waals surface area contributed by atoms with E-state index >= 15 is 0 Å². The van der Waals surface area contributed by atoms with Crippen molar-refractivity contribution >= 4 is 28.0 Å². The zero-order chi connectivity index (χ0) is 32.4. The van der Waals surface area contributed by atoms with Gasteiger partial charge in [0.1, 0.15) is 6.15 Å². The Bertz CT molecular complexity index is 1370. The summed E-state index contributed by atoms with van der Waals surface area (Å²) in [5.74, 6) is 3.61. The molecule has 1 heterocycles. The summed E-state index contributed by atoms with van der Waals surface area (Å²) in [4.78, 5) is 0. The molecular formula is C46H57BOZr+2. The zero-order valence-corrected chi connectivity index (χ0v) is 32.7. The molecule has 3 unspecified atom stereocenters. The Morgan fingerprint density at radius 1 is 0.531 bits per heavy atom. The fourth-order valence-electron chi connectivity index (χ4n) is 9.43. The first-order valence-electron chi connectivity index (χ1n) is 18.4. The van der Waals surface area contributed by atoms with Crippen LogP contribution in [0.2, 0.25) is 0 Å². The van der Waals surface area contributed by atoms with Crippen LogP contribution in [0.15, 0.2) is 146 Å². The predicted molar refractivity (Wildman–Crippen MR) is 210 cm³/mol. The summed E-state index contributed by atoms with van der Waals surface area (Å²) in [5.41, 5.74) is 5.92. The summed E-state index contributed by atoms with van der Waals surface area (Å²) in [5, 5.41) is 0. The van der Waals surface area contributed by atoms with Gasteiger partial charge in [0.2, 0.25) is 0 Å². The molecule has 1 nitrogen and oxygen atoms in total. The summed E-state index contributed by atoms with van der Waals surface area (Å²) < 4.78 is 4.94. The molecule has 4 aromatic carbocycles. The van der Waals surface area contributed by atoms with E-state index in [9.17, 15) is 0 Å². The molecule has 3 fully saturated rings. The minimum Gasteiger partial charge on any atom is -0.381 e. The van der Waals surface area contributed by atoms with E-state index in [0.717, 1.165) is 36.9 Å². The minimum absolute atomic E-state index is 0. The van der Waals surface area contributed by atoms with E-state index in [1.165, 1.54) is 73.2 Å². The maximum absolute atomic E-state index is 4.94. The van der Waals surface area contributed by atoms with E-state index in [4.69, 9.17) is 4.74 Å². The van der Waals surface area contributed by atoms with Crippen molar-refractivity contribution in [2.24, 2.45) is 29.1 Å². The average molecular weight is 728 g/mol. The van der Waals surface area contributed by atoms with Gasteiger partial charge in [0.05, 0.1) is 0 Å². The van der Waals surface area contributed by atoms with Gasteiger partial charge in [-0.1, -0.05) is 172 Å². The van der Waals surface area contributed by atoms with E-state index in [1.807, 2.05) is 0 Å². The normalized spacial score (nSPS) is 21.2. The summed E-state index contributed by atoms with van der Waals surface area (Å²) in [6, 6.07) is 43.5. The van der Waals surface area contributed by atoms with Crippen molar-refractivity contribution in [1.29, 1.82) is 0 Å². The second kappa shape index (κ2) is 19.0. The topological polar surface area (TPSA) is 9.23 Å². The van der Waals surface area contributed by atoms with Gasteiger partial charge in [-0.3, -0.25) is 0 Å². The zero-order valence-electron chi connectivity index (χ0n) is 30.2. The van der Waals surface area contributed by atoms with Crippen LogP contribution < -0.4 is 21.9 Å². The third kappa shape index (κ3) is 8.96. The van der Waals surface area contributed by atoms with Crippen LogP contribution in [0, 0.1) is 36.5 Å². The van der Waals surface area contributed by atoms with Gasteiger partial charge in [0, 0.05) is 13.2 Å². The molecule has 3 heteroatoms. The fourth-order valence-corrected chi connectivity index (χ4v) is 9.43. The van der Waals surface area contributed by atoms with E-state index in [-0.39, 0.29) is 33.6 Å². The molecule has 3 aliphatic carbocycles. The van der Waals surface area contributed by atoms with Gasteiger partial charge in [0.15, 0.2) is 0 Å². The van der Waals surface area contributed by atoms with Gasteiger partial charge in [-0.2, -0.15) is 21.9 Å². The van der Waals surface area contributed by atoms with Crippen molar-refractivity contribution < 1.29 is 30.9 Å². The first-order chi connectivity index (χ1) is 23.1. The molecule has 0 bridgehead atoms. The van der Waals surface area contributed by atoms with E-state index < -0.39 is 6.15 Å². The third-order valence-corrected chi connectivity index (χ3v) is 12.0. The second-order valence-corrected chi connectivity index (χ2v) is 14.8. The SMILES string of the molecule is C1CCOC1.CC(C)(C1CCCC1)C1CCC2C=CC=CC21.[CH3-].[Zr+4].c1ccc([B-](c2ccccc2)(c2ccccc2)c2ccccc2)cc1. The molecule has 49 heavy (non-hydrogen) atoms. The maximum Gasteiger partial charge on any atom is 4.00 e. The largest absolute Gasteiger partial charge is 4.00 e.